The number of nitrogens with one attached hydrogen (secondary N) is 1. The topological polar surface area (TPSA) is 51.2 Å². The van der Waals surface area contributed by atoms with Gasteiger partial charge in [0.2, 0.25) is 5.91 Å². The molecule has 0 aliphatic heterocycles. The smallest absolute Gasteiger partial charge is 0.228 e. The van der Waals surface area contributed by atoms with E-state index in [4.69, 9.17) is 4.74 Å². The molecule has 0 radical (unpaired) electrons. The number of methoxy groups -OCH3 is 1. The van der Waals surface area contributed by atoms with E-state index in [0.717, 1.165) is 27.2 Å². The van der Waals surface area contributed by atoms with Gasteiger partial charge in [-0.1, -0.05) is 6.07 Å². The summed E-state index contributed by atoms with van der Waals surface area (Å²) in [6.45, 7) is 1.92. The highest BCUT2D eigenvalue weighted by Gasteiger charge is 2.06. The zero-order valence-corrected chi connectivity index (χ0v) is 12.9. The quantitative estimate of drug-likeness (QED) is 0.932. The fraction of sp³-hybridized carbons (Fsp3) is 0.200. The molecule has 1 aromatic carbocycles. The third kappa shape index (κ3) is 3.81. The average Bonchev–Trinajstić information content (AvgIpc) is 2.41. The van der Waals surface area contributed by atoms with Crippen LogP contribution in [-0.4, -0.2) is 18.0 Å². The number of benzene rings is 1. The van der Waals surface area contributed by atoms with Gasteiger partial charge in [0.1, 0.15) is 5.75 Å². The Morgan fingerprint density at radius 1 is 1.35 bits per heavy atom. The molecule has 1 aromatic heterocycles. The number of halogens is 1. The Morgan fingerprint density at radius 2 is 2.15 bits per heavy atom. The zero-order valence-electron chi connectivity index (χ0n) is 11.3. The molecule has 20 heavy (non-hydrogen) atoms. The molecule has 0 aliphatic rings. The Labute approximate surface area is 126 Å². The van der Waals surface area contributed by atoms with E-state index in [1.165, 1.54) is 0 Å². The second-order valence-corrected chi connectivity index (χ2v) is 5.24. The number of hydrogen-bond donors (Lipinski definition) is 1. The number of nitrogens with zero attached hydrogens (tertiary/aromatic N) is 1. The van der Waals surface area contributed by atoms with E-state index in [1.54, 1.807) is 25.4 Å². The van der Waals surface area contributed by atoms with Crippen LogP contribution in [0.1, 0.15) is 11.3 Å². The maximum absolute atomic E-state index is 11.9. The molecule has 0 bridgehead atoms. The maximum atomic E-state index is 11.9. The summed E-state index contributed by atoms with van der Waals surface area (Å²) in [6.07, 6.45) is 2.02. The predicted octanol–water partition coefficient (Wildman–Crippen LogP) is 3.34. The Hall–Kier alpha value is -1.88. The summed E-state index contributed by atoms with van der Waals surface area (Å²) in [5.74, 6) is 0.651. The van der Waals surface area contributed by atoms with Gasteiger partial charge in [-0.15, -0.1) is 0 Å². The van der Waals surface area contributed by atoms with Crippen LogP contribution in [0.2, 0.25) is 0 Å². The molecule has 0 spiro atoms. The first-order chi connectivity index (χ1) is 9.58. The van der Waals surface area contributed by atoms with Crippen LogP contribution in [0.25, 0.3) is 0 Å². The third-order valence-corrected chi connectivity index (χ3v) is 3.39. The molecule has 1 heterocycles. The minimum Gasteiger partial charge on any atom is -0.496 e. The molecule has 0 aliphatic carbocycles. The number of aryl methyl sites for hydroxylation is 1. The normalized spacial score (nSPS) is 10.2. The van der Waals surface area contributed by atoms with Crippen molar-refractivity contribution in [3.05, 3.63) is 52.3 Å². The third-order valence-electron chi connectivity index (χ3n) is 2.77. The molecule has 0 atom stereocenters. The van der Waals surface area contributed by atoms with E-state index in [-0.39, 0.29) is 5.91 Å². The van der Waals surface area contributed by atoms with E-state index >= 15 is 0 Å². The SMILES string of the molecule is COc1ccc(NC(=O)Cc2ccc(C)nc2)cc1Br. The largest absolute Gasteiger partial charge is 0.496 e. The van der Waals surface area contributed by atoms with Crippen LogP contribution in [0.3, 0.4) is 0 Å². The van der Waals surface area contributed by atoms with Gasteiger partial charge in [0, 0.05) is 17.6 Å². The molecule has 4 nitrogen and oxygen atoms in total. The van der Waals surface area contributed by atoms with Crippen molar-refractivity contribution in [2.24, 2.45) is 0 Å². The van der Waals surface area contributed by atoms with E-state index in [1.807, 2.05) is 25.1 Å². The van der Waals surface area contributed by atoms with Crippen molar-refractivity contribution in [1.29, 1.82) is 0 Å². The van der Waals surface area contributed by atoms with Crippen LogP contribution in [0, 0.1) is 6.92 Å². The number of amides is 1. The van der Waals surface area contributed by atoms with E-state index in [2.05, 4.69) is 26.2 Å². The summed E-state index contributed by atoms with van der Waals surface area (Å²) in [6, 6.07) is 9.21. The van der Waals surface area contributed by atoms with Gasteiger partial charge < -0.3 is 10.1 Å². The standard InChI is InChI=1S/C15H15BrN2O2/c1-10-3-4-11(9-17-10)7-15(19)18-12-5-6-14(20-2)13(16)8-12/h3-6,8-9H,7H2,1-2H3,(H,18,19). The van der Waals surface area contributed by atoms with E-state index in [0.29, 0.717) is 6.42 Å². The van der Waals surface area contributed by atoms with Gasteiger partial charge in [-0.05, 0) is 52.7 Å². The molecular formula is C15H15BrN2O2. The number of anilines is 1. The molecule has 2 rings (SSSR count). The van der Waals surface area contributed by atoms with Crippen molar-refractivity contribution < 1.29 is 9.53 Å². The second-order valence-electron chi connectivity index (χ2n) is 4.38. The monoisotopic (exact) mass is 334 g/mol. The molecule has 1 amide bonds. The first kappa shape index (κ1) is 14.5. The summed E-state index contributed by atoms with van der Waals surface area (Å²) in [5, 5.41) is 2.84. The molecule has 2 aromatic rings. The summed E-state index contributed by atoms with van der Waals surface area (Å²) < 4.78 is 5.94. The van der Waals surface area contributed by atoms with Gasteiger partial charge in [-0.3, -0.25) is 9.78 Å². The van der Waals surface area contributed by atoms with E-state index < -0.39 is 0 Å². The highest BCUT2D eigenvalue weighted by atomic mass is 79.9. The summed E-state index contributed by atoms with van der Waals surface area (Å²) in [7, 11) is 1.60. The first-order valence-corrected chi connectivity index (χ1v) is 6.92. The molecule has 104 valence electrons. The molecule has 0 saturated carbocycles. The van der Waals surface area contributed by atoms with Crippen molar-refractivity contribution >= 4 is 27.5 Å². The Balaban J connectivity index is 2.01. The number of rotatable bonds is 4. The minimum absolute atomic E-state index is 0.0762. The Morgan fingerprint density at radius 3 is 2.75 bits per heavy atom. The van der Waals surface area contributed by atoms with Crippen LogP contribution < -0.4 is 10.1 Å². The van der Waals surface area contributed by atoms with Crippen molar-refractivity contribution in [2.45, 2.75) is 13.3 Å². The summed E-state index contributed by atoms with van der Waals surface area (Å²) in [4.78, 5) is 16.1. The number of pyridine rings is 1. The van der Waals surface area contributed by atoms with Gasteiger partial charge in [-0.25, -0.2) is 0 Å². The first-order valence-electron chi connectivity index (χ1n) is 6.13. The second kappa shape index (κ2) is 6.52. The minimum atomic E-state index is -0.0762. The molecule has 0 saturated heterocycles. The zero-order chi connectivity index (χ0) is 14.5. The molecule has 1 N–H and O–H groups in total. The number of carbonyl (C=O) groups excluding carboxylic acids is 1. The van der Waals surface area contributed by atoms with Crippen molar-refractivity contribution in [3.63, 3.8) is 0 Å². The Kier molecular flexibility index (Phi) is 4.74. The fourth-order valence-electron chi connectivity index (χ4n) is 1.74. The summed E-state index contributed by atoms with van der Waals surface area (Å²) >= 11 is 3.39. The number of aromatic nitrogens is 1. The summed E-state index contributed by atoms with van der Waals surface area (Å²) in [5.41, 5.74) is 2.55. The van der Waals surface area contributed by atoms with Crippen molar-refractivity contribution in [1.82, 2.24) is 4.98 Å². The number of carbonyl (C=O) groups is 1. The molecule has 0 fully saturated rings. The number of ether oxygens (including phenoxy) is 1. The fourth-order valence-corrected chi connectivity index (χ4v) is 2.28. The van der Waals surface area contributed by atoms with Crippen LogP contribution in [0.5, 0.6) is 5.75 Å². The lowest BCUT2D eigenvalue weighted by Gasteiger charge is -2.08. The van der Waals surface area contributed by atoms with Crippen molar-refractivity contribution in [3.8, 4) is 5.75 Å². The van der Waals surface area contributed by atoms with Crippen LogP contribution >= 0.6 is 15.9 Å². The highest BCUT2D eigenvalue weighted by molar-refractivity contribution is 9.10. The molecule has 0 unspecified atom stereocenters. The van der Waals surface area contributed by atoms with Gasteiger partial charge in [0.15, 0.2) is 0 Å². The van der Waals surface area contributed by atoms with Gasteiger partial charge >= 0.3 is 0 Å². The van der Waals surface area contributed by atoms with E-state index in [9.17, 15) is 4.79 Å². The van der Waals surface area contributed by atoms with Crippen LogP contribution in [-0.2, 0) is 11.2 Å². The maximum Gasteiger partial charge on any atom is 0.228 e. The van der Waals surface area contributed by atoms with Gasteiger partial charge in [0.25, 0.3) is 0 Å². The van der Waals surface area contributed by atoms with Crippen LogP contribution in [0.4, 0.5) is 5.69 Å². The number of hydrogen-bond acceptors (Lipinski definition) is 3. The predicted molar refractivity (Wildman–Crippen MR) is 82.0 cm³/mol. The highest BCUT2D eigenvalue weighted by Crippen LogP contribution is 2.27. The van der Waals surface area contributed by atoms with Gasteiger partial charge in [-0.2, -0.15) is 0 Å². The molecular weight excluding hydrogens is 320 g/mol. The Bertz CT molecular complexity index is 612. The lowest BCUT2D eigenvalue weighted by Crippen LogP contribution is -2.14. The van der Waals surface area contributed by atoms with Crippen molar-refractivity contribution in [2.75, 3.05) is 12.4 Å². The van der Waals surface area contributed by atoms with Gasteiger partial charge in [0.05, 0.1) is 18.0 Å². The van der Waals surface area contributed by atoms with Crippen LogP contribution in [0.15, 0.2) is 41.0 Å². The molecule has 5 heteroatoms. The average molecular weight is 335 g/mol. The lowest BCUT2D eigenvalue weighted by molar-refractivity contribution is -0.115. The lowest BCUT2D eigenvalue weighted by atomic mass is 10.2.